The SMILES string of the molecule is CCOC(=O)[C@@]1(Cc2ccc(OCc3cc(C)nc4ccccc34)cc2)C[C@@H]1C(=O)N[C@@H](C)C(=O)NO. The molecule has 1 saturated carbocycles. The molecule has 0 bridgehead atoms. The third kappa shape index (κ3) is 5.72. The van der Waals surface area contributed by atoms with Crippen molar-refractivity contribution in [2.75, 3.05) is 6.61 Å². The molecule has 194 valence electrons. The van der Waals surface area contributed by atoms with Crippen molar-refractivity contribution in [3.05, 3.63) is 71.4 Å². The summed E-state index contributed by atoms with van der Waals surface area (Å²) in [6.45, 7) is 5.71. The number of rotatable bonds is 10. The van der Waals surface area contributed by atoms with Gasteiger partial charge in [0.25, 0.3) is 5.91 Å². The van der Waals surface area contributed by atoms with Crippen LogP contribution >= 0.6 is 0 Å². The van der Waals surface area contributed by atoms with Crippen LogP contribution in [-0.2, 0) is 32.1 Å². The Balaban J connectivity index is 1.44. The predicted molar refractivity (Wildman–Crippen MR) is 136 cm³/mol. The number of aromatic nitrogens is 1. The monoisotopic (exact) mass is 505 g/mol. The maximum absolute atomic E-state index is 12.8. The second-order valence-corrected chi connectivity index (χ2v) is 9.39. The number of nitrogens with zero attached hydrogens (tertiary/aromatic N) is 1. The molecular formula is C28H31N3O6. The van der Waals surface area contributed by atoms with E-state index in [0.717, 1.165) is 27.7 Å². The lowest BCUT2D eigenvalue weighted by Gasteiger charge is -2.18. The zero-order valence-corrected chi connectivity index (χ0v) is 21.1. The van der Waals surface area contributed by atoms with Gasteiger partial charge in [-0.3, -0.25) is 24.6 Å². The summed E-state index contributed by atoms with van der Waals surface area (Å²) in [7, 11) is 0. The Kier molecular flexibility index (Phi) is 7.73. The number of ether oxygens (including phenoxy) is 2. The van der Waals surface area contributed by atoms with Crippen LogP contribution in [0.2, 0.25) is 0 Å². The first-order valence-corrected chi connectivity index (χ1v) is 12.3. The van der Waals surface area contributed by atoms with Crippen molar-refractivity contribution in [3.8, 4) is 5.75 Å². The Bertz CT molecular complexity index is 1310. The van der Waals surface area contributed by atoms with Crippen LogP contribution in [0.15, 0.2) is 54.6 Å². The molecule has 0 radical (unpaired) electrons. The third-order valence-electron chi connectivity index (χ3n) is 6.70. The lowest BCUT2D eigenvalue weighted by molar-refractivity contribution is -0.151. The molecule has 1 aromatic heterocycles. The minimum Gasteiger partial charge on any atom is -0.489 e. The number of esters is 1. The molecule has 0 saturated heterocycles. The molecule has 3 atom stereocenters. The van der Waals surface area contributed by atoms with Crippen molar-refractivity contribution in [1.82, 2.24) is 15.8 Å². The smallest absolute Gasteiger partial charge is 0.313 e. The largest absolute Gasteiger partial charge is 0.489 e. The number of benzene rings is 2. The number of fused-ring (bicyclic) bond motifs is 1. The normalized spacial score (nSPS) is 19.1. The van der Waals surface area contributed by atoms with Crippen molar-refractivity contribution in [2.45, 2.75) is 46.3 Å². The lowest BCUT2D eigenvalue weighted by atomic mass is 9.93. The van der Waals surface area contributed by atoms with Gasteiger partial charge in [-0.05, 0) is 63.4 Å². The highest BCUT2D eigenvalue weighted by atomic mass is 16.5. The van der Waals surface area contributed by atoms with Crippen molar-refractivity contribution in [2.24, 2.45) is 11.3 Å². The summed E-state index contributed by atoms with van der Waals surface area (Å²) in [6, 6.07) is 16.5. The fraction of sp³-hybridized carbons (Fsp3) is 0.357. The van der Waals surface area contributed by atoms with Gasteiger partial charge in [-0.15, -0.1) is 0 Å². The van der Waals surface area contributed by atoms with Crippen molar-refractivity contribution < 1.29 is 29.1 Å². The summed E-state index contributed by atoms with van der Waals surface area (Å²) in [5.41, 5.74) is 4.27. The standard InChI is InChI=1S/C28H31N3O6/c1-4-36-27(34)28(15-23(28)26(33)30-18(3)25(32)31-35)14-19-9-11-21(12-10-19)37-16-20-13-17(2)29-24-8-6-5-7-22(20)24/h5-13,18,23,35H,4,14-16H2,1-3H3,(H,30,33)(H,31,32)/t18-,23+,28-/m0/s1. The minimum atomic E-state index is -0.995. The van der Waals surface area contributed by atoms with Gasteiger partial charge in [-0.1, -0.05) is 30.3 Å². The fourth-order valence-electron chi connectivity index (χ4n) is 4.64. The fourth-order valence-corrected chi connectivity index (χ4v) is 4.64. The van der Waals surface area contributed by atoms with E-state index in [1.54, 1.807) is 6.92 Å². The van der Waals surface area contributed by atoms with Gasteiger partial charge in [0.05, 0.1) is 23.5 Å². The van der Waals surface area contributed by atoms with E-state index in [4.69, 9.17) is 14.7 Å². The topological polar surface area (TPSA) is 127 Å². The quantitative estimate of drug-likeness (QED) is 0.219. The van der Waals surface area contributed by atoms with Gasteiger partial charge in [-0.2, -0.15) is 0 Å². The summed E-state index contributed by atoms with van der Waals surface area (Å²) >= 11 is 0. The molecule has 1 heterocycles. The summed E-state index contributed by atoms with van der Waals surface area (Å²) < 4.78 is 11.3. The first kappa shape index (κ1) is 26.1. The highest BCUT2D eigenvalue weighted by molar-refractivity contribution is 5.95. The van der Waals surface area contributed by atoms with Crippen LogP contribution in [0, 0.1) is 18.3 Å². The van der Waals surface area contributed by atoms with Gasteiger partial charge in [0.2, 0.25) is 5.91 Å². The van der Waals surface area contributed by atoms with Crippen LogP contribution in [0.5, 0.6) is 5.75 Å². The van der Waals surface area contributed by atoms with Crippen LogP contribution in [0.4, 0.5) is 0 Å². The molecule has 1 aliphatic rings. The predicted octanol–water partition coefficient (Wildman–Crippen LogP) is 3.24. The molecule has 2 aromatic carbocycles. The van der Waals surface area contributed by atoms with Gasteiger partial charge in [0.1, 0.15) is 18.4 Å². The molecular weight excluding hydrogens is 474 g/mol. The van der Waals surface area contributed by atoms with Crippen molar-refractivity contribution in [1.29, 1.82) is 0 Å². The second-order valence-electron chi connectivity index (χ2n) is 9.39. The Morgan fingerprint density at radius 2 is 1.89 bits per heavy atom. The Labute approximate surface area is 215 Å². The van der Waals surface area contributed by atoms with Gasteiger partial charge < -0.3 is 14.8 Å². The van der Waals surface area contributed by atoms with Crippen LogP contribution in [0.1, 0.15) is 37.1 Å². The van der Waals surface area contributed by atoms with Crippen LogP contribution in [-0.4, -0.2) is 40.6 Å². The zero-order valence-electron chi connectivity index (χ0n) is 21.1. The first-order chi connectivity index (χ1) is 17.8. The Hall–Kier alpha value is -3.98. The molecule has 1 aliphatic carbocycles. The summed E-state index contributed by atoms with van der Waals surface area (Å²) in [4.78, 5) is 41.7. The Morgan fingerprint density at radius 3 is 2.59 bits per heavy atom. The van der Waals surface area contributed by atoms with E-state index in [0.29, 0.717) is 25.2 Å². The molecule has 3 N–H and O–H groups in total. The molecule has 1 fully saturated rings. The number of pyridine rings is 1. The van der Waals surface area contributed by atoms with E-state index in [9.17, 15) is 14.4 Å². The molecule has 2 amide bonds. The maximum atomic E-state index is 12.8. The summed E-state index contributed by atoms with van der Waals surface area (Å²) in [6.07, 6.45) is 0.636. The summed E-state index contributed by atoms with van der Waals surface area (Å²) in [5, 5.41) is 12.4. The zero-order chi connectivity index (χ0) is 26.6. The van der Waals surface area contributed by atoms with Crippen LogP contribution in [0.25, 0.3) is 10.9 Å². The second kappa shape index (κ2) is 11.0. The molecule has 9 heteroatoms. The average Bonchev–Trinajstić information content (AvgIpc) is 3.63. The van der Waals surface area contributed by atoms with Gasteiger partial charge in [0, 0.05) is 16.6 Å². The number of aryl methyl sites for hydroxylation is 1. The van der Waals surface area contributed by atoms with E-state index in [1.165, 1.54) is 12.4 Å². The van der Waals surface area contributed by atoms with E-state index >= 15 is 0 Å². The third-order valence-corrected chi connectivity index (χ3v) is 6.70. The molecule has 4 rings (SSSR count). The molecule has 0 aliphatic heterocycles. The van der Waals surface area contributed by atoms with Crippen LogP contribution in [0.3, 0.4) is 0 Å². The maximum Gasteiger partial charge on any atom is 0.313 e. The summed E-state index contributed by atoms with van der Waals surface area (Å²) in [5.74, 6) is -1.54. The number of nitrogens with one attached hydrogen (secondary N) is 2. The van der Waals surface area contributed by atoms with Gasteiger partial charge in [-0.25, -0.2) is 5.48 Å². The number of carbonyl (C=O) groups is 3. The molecule has 0 spiro atoms. The Morgan fingerprint density at radius 1 is 1.16 bits per heavy atom. The molecule has 9 nitrogen and oxygen atoms in total. The van der Waals surface area contributed by atoms with E-state index in [2.05, 4.69) is 10.3 Å². The van der Waals surface area contributed by atoms with E-state index in [-0.39, 0.29) is 6.61 Å². The molecule has 3 aromatic rings. The highest BCUT2D eigenvalue weighted by Crippen LogP contribution is 2.56. The highest BCUT2D eigenvalue weighted by Gasteiger charge is 2.64. The number of hydroxylamine groups is 1. The number of hydrogen-bond donors (Lipinski definition) is 3. The average molecular weight is 506 g/mol. The van der Waals surface area contributed by atoms with Gasteiger partial charge in [0.15, 0.2) is 0 Å². The lowest BCUT2D eigenvalue weighted by Crippen LogP contribution is -2.45. The van der Waals surface area contributed by atoms with Gasteiger partial charge >= 0.3 is 5.97 Å². The molecule has 0 unspecified atom stereocenters. The van der Waals surface area contributed by atoms with E-state index < -0.39 is 35.2 Å². The first-order valence-electron chi connectivity index (χ1n) is 12.3. The van der Waals surface area contributed by atoms with E-state index in [1.807, 2.05) is 61.5 Å². The van der Waals surface area contributed by atoms with Crippen LogP contribution < -0.4 is 15.5 Å². The number of carbonyl (C=O) groups excluding carboxylic acids is 3. The van der Waals surface area contributed by atoms with Crippen molar-refractivity contribution >= 4 is 28.7 Å². The minimum absolute atomic E-state index is 0.203. The number of hydrogen-bond acceptors (Lipinski definition) is 7. The van der Waals surface area contributed by atoms with Crippen molar-refractivity contribution in [3.63, 3.8) is 0 Å². The number of amides is 2. The number of para-hydroxylation sites is 1. The molecule has 37 heavy (non-hydrogen) atoms.